The Kier molecular flexibility index (Phi) is 5.28. The second kappa shape index (κ2) is 7.39. The summed E-state index contributed by atoms with van der Waals surface area (Å²) in [5.41, 5.74) is 0.602. The predicted octanol–water partition coefficient (Wildman–Crippen LogP) is 2.60. The van der Waals surface area contributed by atoms with Crippen LogP contribution in [0.4, 0.5) is 10.5 Å². The Morgan fingerprint density at radius 2 is 2.19 bits per heavy atom. The maximum atomic E-state index is 11.9. The van der Waals surface area contributed by atoms with Gasteiger partial charge in [-0.3, -0.25) is 0 Å². The van der Waals surface area contributed by atoms with Crippen molar-refractivity contribution in [3.63, 3.8) is 0 Å². The van der Waals surface area contributed by atoms with Gasteiger partial charge in [-0.15, -0.1) is 0 Å². The molecule has 0 unspecified atom stereocenters. The van der Waals surface area contributed by atoms with Crippen LogP contribution in [0, 0.1) is 0 Å². The Bertz CT molecular complexity index is 610. The Hall–Kier alpha value is -2.41. The quantitative estimate of drug-likeness (QED) is 0.695. The highest BCUT2D eigenvalue weighted by molar-refractivity contribution is 6.30. The number of urea groups is 1. The number of hydrogen-bond donors (Lipinski definition) is 1. The fourth-order valence-electron chi connectivity index (χ4n) is 1.53. The lowest BCUT2D eigenvalue weighted by Crippen LogP contribution is -2.18. The number of ether oxygens (including phenoxy) is 1. The molecule has 1 N–H and O–H groups in total. The number of carbonyl (C=O) groups is 1. The predicted molar refractivity (Wildman–Crippen MR) is 79.6 cm³/mol. The van der Waals surface area contributed by atoms with Gasteiger partial charge in [0.1, 0.15) is 19.2 Å². The minimum absolute atomic E-state index is 0.238. The zero-order chi connectivity index (χ0) is 15.1. The summed E-state index contributed by atoms with van der Waals surface area (Å²) < 4.78 is 6.84. The van der Waals surface area contributed by atoms with E-state index in [2.05, 4.69) is 20.4 Å². The van der Waals surface area contributed by atoms with Gasteiger partial charge in [-0.2, -0.15) is 10.1 Å². The fourth-order valence-corrected chi connectivity index (χ4v) is 1.66. The van der Waals surface area contributed by atoms with Gasteiger partial charge in [0.05, 0.1) is 6.61 Å². The van der Waals surface area contributed by atoms with Crippen LogP contribution >= 0.6 is 11.6 Å². The first kappa shape index (κ1) is 15.0. The van der Waals surface area contributed by atoms with Crippen LogP contribution in [0.3, 0.4) is 0 Å². The van der Waals surface area contributed by atoms with Crippen molar-refractivity contribution in [2.45, 2.75) is 13.5 Å². The van der Waals surface area contributed by atoms with Crippen molar-refractivity contribution in [2.24, 2.45) is 4.99 Å². The minimum atomic E-state index is -0.527. The van der Waals surface area contributed by atoms with E-state index in [1.807, 2.05) is 6.92 Å². The van der Waals surface area contributed by atoms with Crippen LogP contribution in [0.5, 0.6) is 0 Å². The van der Waals surface area contributed by atoms with Crippen LogP contribution in [0.1, 0.15) is 6.92 Å². The number of aromatic nitrogens is 3. The largest absolute Gasteiger partial charge is 0.480 e. The van der Waals surface area contributed by atoms with E-state index in [1.165, 1.54) is 17.3 Å². The summed E-state index contributed by atoms with van der Waals surface area (Å²) in [6.45, 7) is 2.46. The second-order valence-corrected chi connectivity index (χ2v) is 4.41. The fraction of sp³-hybridized carbons (Fsp3) is 0.231. The van der Waals surface area contributed by atoms with Gasteiger partial charge in [-0.05, 0) is 31.2 Å². The van der Waals surface area contributed by atoms with Gasteiger partial charge in [0.2, 0.25) is 5.90 Å². The molecule has 2 rings (SSSR count). The lowest BCUT2D eigenvalue weighted by Gasteiger charge is -2.07. The molecule has 1 aromatic carbocycles. The van der Waals surface area contributed by atoms with Gasteiger partial charge in [-0.1, -0.05) is 11.6 Å². The van der Waals surface area contributed by atoms with E-state index in [-0.39, 0.29) is 12.4 Å². The molecule has 2 aromatic rings. The molecule has 21 heavy (non-hydrogen) atoms. The third-order valence-corrected chi connectivity index (χ3v) is 2.65. The van der Waals surface area contributed by atoms with Crippen LogP contribution in [0.15, 0.2) is 41.9 Å². The number of rotatable bonds is 4. The highest BCUT2D eigenvalue weighted by atomic mass is 35.5. The zero-order valence-electron chi connectivity index (χ0n) is 11.4. The molecule has 8 heteroatoms. The van der Waals surface area contributed by atoms with Crippen LogP contribution in [0.2, 0.25) is 5.02 Å². The van der Waals surface area contributed by atoms with Crippen molar-refractivity contribution in [2.75, 3.05) is 11.9 Å². The molecule has 0 aliphatic carbocycles. The molecule has 110 valence electrons. The monoisotopic (exact) mass is 307 g/mol. The summed E-state index contributed by atoms with van der Waals surface area (Å²) in [4.78, 5) is 19.6. The maximum absolute atomic E-state index is 11.9. The van der Waals surface area contributed by atoms with Crippen LogP contribution in [-0.4, -0.2) is 33.3 Å². The van der Waals surface area contributed by atoms with Crippen molar-refractivity contribution in [3.05, 3.63) is 41.9 Å². The number of nitrogens with zero attached hydrogens (tertiary/aromatic N) is 4. The topological polar surface area (TPSA) is 81.4 Å². The van der Waals surface area contributed by atoms with Crippen molar-refractivity contribution in [1.82, 2.24) is 14.8 Å². The van der Waals surface area contributed by atoms with Crippen LogP contribution in [0.25, 0.3) is 0 Å². The highest BCUT2D eigenvalue weighted by Crippen LogP contribution is 2.13. The average Bonchev–Trinajstić information content (AvgIpc) is 2.94. The minimum Gasteiger partial charge on any atom is -0.480 e. The van der Waals surface area contributed by atoms with E-state index in [4.69, 9.17) is 16.3 Å². The SMILES string of the molecule is CCO/C(Cn1cncn1)=N\C(=O)Nc1ccc(Cl)cc1. The van der Waals surface area contributed by atoms with Gasteiger partial charge < -0.3 is 10.1 Å². The van der Waals surface area contributed by atoms with E-state index in [0.717, 1.165) is 0 Å². The molecule has 1 heterocycles. The molecular formula is C13H14ClN5O2. The summed E-state index contributed by atoms with van der Waals surface area (Å²) >= 11 is 5.78. The number of halogens is 1. The second-order valence-electron chi connectivity index (χ2n) is 3.97. The standard InChI is InChI=1S/C13H14ClN5O2/c1-2-21-12(7-19-9-15-8-16-19)18-13(20)17-11-5-3-10(14)4-6-11/h3-6,8-9H,2,7H2,1H3,(H,17,20)/b18-12-. The van der Waals surface area contributed by atoms with E-state index >= 15 is 0 Å². The van der Waals surface area contributed by atoms with Crippen molar-refractivity contribution in [1.29, 1.82) is 0 Å². The first-order valence-corrected chi connectivity index (χ1v) is 6.64. The molecule has 0 aliphatic rings. The van der Waals surface area contributed by atoms with Crippen LogP contribution in [-0.2, 0) is 11.3 Å². The molecule has 2 amide bonds. The Morgan fingerprint density at radius 1 is 1.43 bits per heavy atom. The maximum Gasteiger partial charge on any atom is 0.348 e. The average molecular weight is 308 g/mol. The molecule has 1 aromatic heterocycles. The van der Waals surface area contributed by atoms with Crippen molar-refractivity contribution < 1.29 is 9.53 Å². The highest BCUT2D eigenvalue weighted by Gasteiger charge is 2.07. The van der Waals surface area contributed by atoms with Gasteiger partial charge in [0.15, 0.2) is 0 Å². The lowest BCUT2D eigenvalue weighted by atomic mass is 10.3. The summed E-state index contributed by atoms with van der Waals surface area (Å²) in [6, 6.07) is 6.21. The Balaban J connectivity index is 2.02. The molecule has 0 radical (unpaired) electrons. The number of nitrogens with one attached hydrogen (secondary N) is 1. The van der Waals surface area contributed by atoms with Gasteiger partial charge in [0.25, 0.3) is 0 Å². The molecule has 7 nitrogen and oxygen atoms in total. The number of hydrogen-bond acceptors (Lipinski definition) is 4. The van der Waals surface area contributed by atoms with Gasteiger partial charge in [-0.25, -0.2) is 14.5 Å². The first-order chi connectivity index (χ1) is 10.2. The van der Waals surface area contributed by atoms with E-state index in [9.17, 15) is 4.79 Å². The summed E-state index contributed by atoms with van der Waals surface area (Å²) in [5.74, 6) is 0.259. The Morgan fingerprint density at radius 3 is 2.81 bits per heavy atom. The number of amides is 2. The summed E-state index contributed by atoms with van der Waals surface area (Å²) in [6.07, 6.45) is 2.92. The van der Waals surface area contributed by atoms with Crippen molar-refractivity contribution in [3.8, 4) is 0 Å². The summed E-state index contributed by atoms with van der Waals surface area (Å²) in [7, 11) is 0. The smallest absolute Gasteiger partial charge is 0.348 e. The normalized spacial score (nSPS) is 11.2. The van der Waals surface area contributed by atoms with Crippen molar-refractivity contribution >= 4 is 29.2 Å². The van der Waals surface area contributed by atoms with E-state index in [1.54, 1.807) is 24.3 Å². The number of carbonyl (C=O) groups excluding carboxylic acids is 1. The third kappa shape index (κ3) is 4.88. The number of benzene rings is 1. The first-order valence-electron chi connectivity index (χ1n) is 6.26. The van der Waals surface area contributed by atoms with E-state index in [0.29, 0.717) is 17.3 Å². The molecular weight excluding hydrogens is 294 g/mol. The number of aliphatic imine (C=N–C) groups is 1. The van der Waals surface area contributed by atoms with Gasteiger partial charge >= 0.3 is 6.03 Å². The molecule has 0 spiro atoms. The van der Waals surface area contributed by atoms with E-state index < -0.39 is 6.03 Å². The molecule has 0 aliphatic heterocycles. The Labute approximate surface area is 126 Å². The molecule has 0 bridgehead atoms. The number of anilines is 1. The molecule has 0 atom stereocenters. The third-order valence-electron chi connectivity index (χ3n) is 2.40. The van der Waals surface area contributed by atoms with Gasteiger partial charge in [0, 0.05) is 10.7 Å². The summed E-state index contributed by atoms with van der Waals surface area (Å²) in [5, 5.41) is 7.16. The molecule has 0 saturated carbocycles. The molecule has 0 saturated heterocycles. The van der Waals surface area contributed by atoms with Crippen LogP contribution < -0.4 is 5.32 Å². The zero-order valence-corrected chi connectivity index (χ0v) is 12.1. The lowest BCUT2D eigenvalue weighted by molar-refractivity contribution is 0.257. The molecule has 0 fully saturated rings.